The average Bonchev–Trinajstić information content (AvgIpc) is 2.37. The van der Waals surface area contributed by atoms with Crippen molar-refractivity contribution in [2.24, 2.45) is 11.3 Å². The smallest absolute Gasteiger partial charge is 0.303 e. The average molecular weight is 290 g/mol. The summed E-state index contributed by atoms with van der Waals surface area (Å²) in [6.07, 6.45) is 4.28. The fourth-order valence-electron chi connectivity index (χ4n) is 3.33. The molecule has 0 aromatic rings. The van der Waals surface area contributed by atoms with Crippen LogP contribution in [0.15, 0.2) is 23.3 Å². The molecule has 2 aliphatic carbocycles. The molecule has 0 unspecified atom stereocenters. The zero-order valence-corrected chi connectivity index (χ0v) is 13.1. The quantitative estimate of drug-likeness (QED) is 0.550. The minimum absolute atomic E-state index is 0.104. The predicted octanol–water partition coefficient (Wildman–Crippen LogP) is 2.77. The van der Waals surface area contributed by atoms with E-state index in [4.69, 9.17) is 4.74 Å². The van der Waals surface area contributed by atoms with Crippen LogP contribution in [0.3, 0.4) is 0 Å². The molecule has 21 heavy (non-hydrogen) atoms. The van der Waals surface area contributed by atoms with Crippen molar-refractivity contribution in [3.05, 3.63) is 23.3 Å². The monoisotopic (exact) mass is 290 g/mol. The van der Waals surface area contributed by atoms with E-state index in [0.29, 0.717) is 19.3 Å². The van der Waals surface area contributed by atoms with Crippen LogP contribution in [-0.2, 0) is 19.1 Å². The van der Waals surface area contributed by atoms with Crippen molar-refractivity contribution in [1.82, 2.24) is 0 Å². The minimum atomic E-state index is -0.786. The van der Waals surface area contributed by atoms with Crippen molar-refractivity contribution >= 4 is 17.5 Å². The number of esters is 1. The number of hydrogen-bond donors (Lipinski definition) is 0. The number of carbonyl (C=O) groups is 3. The molecular formula is C17H22O4. The van der Waals surface area contributed by atoms with E-state index in [0.717, 1.165) is 11.1 Å². The first-order valence-electron chi connectivity index (χ1n) is 7.37. The Balaban J connectivity index is 2.47. The molecule has 0 heterocycles. The maximum atomic E-state index is 12.2. The Labute approximate surface area is 125 Å². The van der Waals surface area contributed by atoms with Gasteiger partial charge in [0.2, 0.25) is 0 Å². The van der Waals surface area contributed by atoms with Gasteiger partial charge in [0.05, 0.1) is 0 Å². The summed E-state index contributed by atoms with van der Waals surface area (Å²) in [5.74, 6) is -0.251. The van der Waals surface area contributed by atoms with Crippen LogP contribution in [0.2, 0.25) is 0 Å². The van der Waals surface area contributed by atoms with Crippen LogP contribution in [0.4, 0.5) is 0 Å². The Morgan fingerprint density at radius 3 is 2.62 bits per heavy atom. The van der Waals surface area contributed by atoms with E-state index in [1.165, 1.54) is 6.92 Å². The van der Waals surface area contributed by atoms with E-state index < -0.39 is 12.1 Å². The van der Waals surface area contributed by atoms with E-state index in [1.807, 2.05) is 13.0 Å². The van der Waals surface area contributed by atoms with Crippen LogP contribution in [0, 0.1) is 11.3 Å². The van der Waals surface area contributed by atoms with Gasteiger partial charge in [-0.2, -0.15) is 0 Å². The molecular weight excluding hydrogens is 268 g/mol. The number of hydrogen-bond acceptors (Lipinski definition) is 4. The molecule has 0 N–H and O–H groups in total. The summed E-state index contributed by atoms with van der Waals surface area (Å²) in [7, 11) is 0. The fraction of sp³-hybridized carbons (Fsp3) is 0.588. The highest BCUT2D eigenvalue weighted by atomic mass is 16.5. The number of Topliss-reactive ketones (excluding diaryl/α,β-unsaturated/α-hetero) is 1. The molecule has 0 aromatic heterocycles. The van der Waals surface area contributed by atoms with Crippen LogP contribution >= 0.6 is 0 Å². The van der Waals surface area contributed by atoms with Crippen molar-refractivity contribution in [1.29, 1.82) is 0 Å². The number of ketones is 2. The molecule has 0 aromatic carbocycles. The van der Waals surface area contributed by atoms with Gasteiger partial charge in [0, 0.05) is 25.2 Å². The molecule has 0 saturated heterocycles. The van der Waals surface area contributed by atoms with Crippen LogP contribution < -0.4 is 0 Å². The van der Waals surface area contributed by atoms with Gasteiger partial charge in [0.1, 0.15) is 0 Å². The summed E-state index contributed by atoms with van der Waals surface area (Å²) in [6.45, 7) is 7.29. The van der Waals surface area contributed by atoms with Crippen LogP contribution in [0.1, 0.15) is 47.0 Å². The highest BCUT2D eigenvalue weighted by Crippen LogP contribution is 2.46. The van der Waals surface area contributed by atoms with Crippen molar-refractivity contribution < 1.29 is 19.1 Å². The maximum absolute atomic E-state index is 12.2. The Kier molecular flexibility index (Phi) is 4.17. The molecule has 0 saturated carbocycles. The first-order chi connectivity index (χ1) is 9.74. The molecule has 3 atom stereocenters. The van der Waals surface area contributed by atoms with Gasteiger partial charge < -0.3 is 4.74 Å². The highest BCUT2D eigenvalue weighted by molar-refractivity contribution is 5.93. The van der Waals surface area contributed by atoms with Crippen molar-refractivity contribution in [2.75, 3.05) is 0 Å². The highest BCUT2D eigenvalue weighted by Gasteiger charge is 2.40. The fourth-order valence-corrected chi connectivity index (χ4v) is 3.33. The summed E-state index contributed by atoms with van der Waals surface area (Å²) in [5.41, 5.74) is 1.52. The van der Waals surface area contributed by atoms with Crippen LogP contribution in [-0.4, -0.2) is 23.6 Å². The van der Waals surface area contributed by atoms with Crippen LogP contribution in [0.5, 0.6) is 0 Å². The van der Waals surface area contributed by atoms with Gasteiger partial charge in [0.25, 0.3) is 0 Å². The SMILES string of the molecule is CC(=O)O[C@@H]1C(=O)CCC2=CC(=O)C[C@H](C)[C@@]2(C)C=C1C. The second-order valence-electron chi connectivity index (χ2n) is 6.37. The zero-order chi connectivity index (χ0) is 15.8. The normalized spacial score (nSPS) is 33.3. The lowest BCUT2D eigenvalue weighted by Gasteiger charge is -2.40. The molecule has 4 nitrogen and oxygen atoms in total. The van der Waals surface area contributed by atoms with E-state index in [-0.39, 0.29) is 22.9 Å². The van der Waals surface area contributed by atoms with Gasteiger partial charge >= 0.3 is 5.97 Å². The predicted molar refractivity (Wildman–Crippen MR) is 78.5 cm³/mol. The second kappa shape index (κ2) is 5.58. The van der Waals surface area contributed by atoms with Crippen molar-refractivity contribution in [3.63, 3.8) is 0 Å². The number of fused-ring (bicyclic) bond motifs is 1. The Hall–Kier alpha value is -1.71. The molecule has 0 fully saturated rings. The lowest BCUT2D eigenvalue weighted by Crippen LogP contribution is -2.37. The molecule has 0 spiro atoms. The Morgan fingerprint density at radius 2 is 2.00 bits per heavy atom. The van der Waals surface area contributed by atoms with Gasteiger partial charge in [-0.05, 0) is 30.9 Å². The third-order valence-electron chi connectivity index (χ3n) is 4.72. The number of allylic oxidation sites excluding steroid dienone is 3. The Bertz CT molecular complexity index is 555. The summed E-state index contributed by atoms with van der Waals surface area (Å²) in [4.78, 5) is 35.2. The van der Waals surface area contributed by atoms with Gasteiger partial charge in [-0.15, -0.1) is 0 Å². The molecule has 0 aliphatic heterocycles. The lowest BCUT2D eigenvalue weighted by molar-refractivity contribution is -0.150. The summed E-state index contributed by atoms with van der Waals surface area (Å²) < 4.78 is 5.19. The third kappa shape index (κ3) is 2.99. The summed E-state index contributed by atoms with van der Waals surface area (Å²) in [6, 6.07) is 0. The largest absolute Gasteiger partial charge is 0.450 e. The Morgan fingerprint density at radius 1 is 1.33 bits per heavy atom. The summed E-state index contributed by atoms with van der Waals surface area (Å²) >= 11 is 0. The number of rotatable bonds is 1. The van der Waals surface area contributed by atoms with E-state index in [9.17, 15) is 14.4 Å². The second-order valence-corrected chi connectivity index (χ2v) is 6.37. The van der Waals surface area contributed by atoms with E-state index in [1.54, 1.807) is 6.08 Å². The number of ether oxygens (including phenoxy) is 1. The van der Waals surface area contributed by atoms with Crippen molar-refractivity contribution in [2.45, 2.75) is 53.1 Å². The zero-order valence-electron chi connectivity index (χ0n) is 13.1. The molecule has 114 valence electrons. The molecule has 0 radical (unpaired) electrons. The van der Waals surface area contributed by atoms with Gasteiger partial charge in [0.15, 0.2) is 17.7 Å². The first-order valence-corrected chi connectivity index (χ1v) is 7.37. The maximum Gasteiger partial charge on any atom is 0.303 e. The third-order valence-corrected chi connectivity index (χ3v) is 4.72. The molecule has 2 aliphatic rings. The van der Waals surface area contributed by atoms with Gasteiger partial charge in [-0.3, -0.25) is 14.4 Å². The van der Waals surface area contributed by atoms with Crippen LogP contribution in [0.25, 0.3) is 0 Å². The van der Waals surface area contributed by atoms with Gasteiger partial charge in [-0.1, -0.05) is 25.5 Å². The minimum Gasteiger partial charge on any atom is -0.450 e. The topological polar surface area (TPSA) is 60.4 Å². The molecule has 0 amide bonds. The first kappa shape index (κ1) is 15.7. The lowest BCUT2D eigenvalue weighted by atomic mass is 9.64. The standard InChI is InChI=1S/C17H22O4/c1-10-9-17(4)11(2)7-14(19)8-13(17)5-6-15(20)16(10)21-12(3)18/h8-9,11,16H,5-7H2,1-4H3/t11-,16-,17+/m0/s1. The molecule has 2 rings (SSSR count). The molecule has 4 heteroatoms. The molecule has 0 bridgehead atoms. The van der Waals surface area contributed by atoms with E-state index >= 15 is 0 Å². The van der Waals surface area contributed by atoms with E-state index in [2.05, 4.69) is 13.8 Å². The number of carbonyl (C=O) groups excluding carboxylic acids is 3. The van der Waals surface area contributed by atoms with Gasteiger partial charge in [-0.25, -0.2) is 0 Å². The summed E-state index contributed by atoms with van der Waals surface area (Å²) in [5, 5.41) is 0. The van der Waals surface area contributed by atoms with Crippen molar-refractivity contribution in [3.8, 4) is 0 Å².